The summed E-state index contributed by atoms with van der Waals surface area (Å²) < 4.78 is 5.80. The molecule has 3 nitrogen and oxygen atoms in total. The zero-order valence-corrected chi connectivity index (χ0v) is 15.0. The van der Waals surface area contributed by atoms with Crippen molar-refractivity contribution in [3.05, 3.63) is 24.3 Å². The Kier molecular flexibility index (Phi) is 8.08. The highest BCUT2D eigenvalue weighted by atomic mass is 16.5. The van der Waals surface area contributed by atoms with Crippen LogP contribution in [0, 0.1) is 29.1 Å². The van der Waals surface area contributed by atoms with Crippen molar-refractivity contribution in [2.45, 2.75) is 77.2 Å². The van der Waals surface area contributed by atoms with Crippen LogP contribution in [0.3, 0.4) is 0 Å². The van der Waals surface area contributed by atoms with Crippen LogP contribution in [-0.2, 0) is 9.53 Å². The van der Waals surface area contributed by atoms with Crippen LogP contribution in [-0.4, -0.2) is 12.1 Å². The van der Waals surface area contributed by atoms with Gasteiger partial charge in [0.2, 0.25) is 0 Å². The topological polar surface area (TPSA) is 50.1 Å². The van der Waals surface area contributed by atoms with Crippen LogP contribution in [0.2, 0.25) is 0 Å². The average molecular weight is 329 g/mol. The highest BCUT2D eigenvalue weighted by Crippen LogP contribution is 2.33. The second kappa shape index (κ2) is 10.3. The average Bonchev–Trinajstić information content (AvgIpc) is 2.61. The summed E-state index contributed by atoms with van der Waals surface area (Å²) in [5, 5.41) is 8.45. The number of nitrogens with zero attached hydrogens (tertiary/aromatic N) is 1. The number of allylic oxidation sites excluding steroid dienone is 4. The van der Waals surface area contributed by atoms with Crippen molar-refractivity contribution in [2.24, 2.45) is 17.8 Å². The van der Waals surface area contributed by atoms with E-state index in [0.29, 0.717) is 5.92 Å². The van der Waals surface area contributed by atoms with Gasteiger partial charge in [-0.2, -0.15) is 5.26 Å². The fourth-order valence-corrected chi connectivity index (χ4v) is 4.07. The Hall–Kier alpha value is -1.56. The summed E-state index contributed by atoms with van der Waals surface area (Å²) in [6.07, 6.45) is 18.6. The van der Waals surface area contributed by atoms with Crippen LogP contribution >= 0.6 is 0 Å². The van der Waals surface area contributed by atoms with E-state index in [1.807, 2.05) is 12.1 Å². The maximum Gasteiger partial charge on any atom is 0.309 e. The Balaban J connectivity index is 1.66. The maximum atomic E-state index is 12.4. The lowest BCUT2D eigenvalue weighted by molar-refractivity contribution is -0.157. The molecule has 24 heavy (non-hydrogen) atoms. The van der Waals surface area contributed by atoms with Gasteiger partial charge >= 0.3 is 5.97 Å². The van der Waals surface area contributed by atoms with Gasteiger partial charge in [0.25, 0.3) is 0 Å². The van der Waals surface area contributed by atoms with E-state index in [1.54, 1.807) is 6.08 Å². The molecular weight excluding hydrogens is 298 g/mol. The van der Waals surface area contributed by atoms with E-state index in [2.05, 4.69) is 13.0 Å². The minimum Gasteiger partial charge on any atom is -0.462 e. The predicted molar refractivity (Wildman–Crippen MR) is 96.1 cm³/mol. The Morgan fingerprint density at radius 3 is 2.42 bits per heavy atom. The third kappa shape index (κ3) is 6.15. The van der Waals surface area contributed by atoms with Crippen LogP contribution in [0.15, 0.2) is 24.3 Å². The summed E-state index contributed by atoms with van der Waals surface area (Å²) in [7, 11) is 0. The Morgan fingerprint density at radius 1 is 1.08 bits per heavy atom. The van der Waals surface area contributed by atoms with Gasteiger partial charge in [-0.1, -0.05) is 38.0 Å². The molecule has 0 aliphatic heterocycles. The smallest absolute Gasteiger partial charge is 0.309 e. The second-order valence-electron chi connectivity index (χ2n) is 7.35. The molecule has 0 spiro atoms. The largest absolute Gasteiger partial charge is 0.462 e. The zero-order chi connectivity index (χ0) is 17.2. The first-order valence-electron chi connectivity index (χ1n) is 9.66. The molecule has 0 N–H and O–H groups in total. The quantitative estimate of drug-likeness (QED) is 0.376. The van der Waals surface area contributed by atoms with Crippen LogP contribution in [0.4, 0.5) is 0 Å². The van der Waals surface area contributed by atoms with E-state index in [4.69, 9.17) is 10.00 Å². The molecule has 0 atom stereocenters. The van der Waals surface area contributed by atoms with Crippen molar-refractivity contribution in [1.29, 1.82) is 5.26 Å². The molecule has 2 aliphatic carbocycles. The summed E-state index contributed by atoms with van der Waals surface area (Å²) in [5.74, 6) is 1.58. The molecule has 2 aliphatic rings. The minimum absolute atomic E-state index is 0.0564. The van der Waals surface area contributed by atoms with Crippen LogP contribution in [0.25, 0.3) is 0 Å². The van der Waals surface area contributed by atoms with Gasteiger partial charge in [0.1, 0.15) is 6.10 Å². The molecule has 0 bridgehead atoms. The molecule has 2 saturated carbocycles. The van der Waals surface area contributed by atoms with Crippen molar-refractivity contribution in [2.75, 3.05) is 0 Å². The van der Waals surface area contributed by atoms with Gasteiger partial charge in [0.15, 0.2) is 0 Å². The van der Waals surface area contributed by atoms with E-state index in [9.17, 15) is 4.79 Å². The third-order valence-corrected chi connectivity index (χ3v) is 5.54. The third-order valence-electron chi connectivity index (χ3n) is 5.54. The van der Waals surface area contributed by atoms with Crippen molar-refractivity contribution >= 4 is 5.97 Å². The highest BCUT2D eigenvalue weighted by Gasteiger charge is 2.30. The maximum absolute atomic E-state index is 12.4. The normalized spacial score (nSPS) is 31.2. The first kappa shape index (κ1) is 18.8. The molecule has 0 aromatic rings. The first-order chi connectivity index (χ1) is 11.7. The number of carbonyl (C=O) groups excluding carboxylic acids is 1. The molecule has 2 rings (SSSR count). The number of ether oxygens (including phenoxy) is 1. The molecule has 0 aromatic heterocycles. The number of nitriles is 1. The Bertz CT molecular complexity index is 473. The Labute approximate surface area is 146 Å². The van der Waals surface area contributed by atoms with Crippen molar-refractivity contribution in [1.82, 2.24) is 0 Å². The van der Waals surface area contributed by atoms with Crippen molar-refractivity contribution in [3.8, 4) is 6.07 Å². The molecule has 0 amide bonds. The lowest BCUT2D eigenvalue weighted by Crippen LogP contribution is -2.29. The standard InChI is InChI=1S/C21H31NO2/c1-2-6-17-8-12-19(13-9-17)21(23)24-20-14-10-18(11-15-20)7-4-3-5-16-22/h3-5,7,17-20H,2,6,8-15H2,1H3/b5-3?,7-4+. The van der Waals surface area contributed by atoms with E-state index >= 15 is 0 Å². The molecule has 0 unspecified atom stereocenters. The number of esters is 1. The van der Waals surface area contributed by atoms with E-state index in [-0.39, 0.29) is 18.0 Å². The van der Waals surface area contributed by atoms with Crippen molar-refractivity contribution in [3.63, 3.8) is 0 Å². The lowest BCUT2D eigenvalue weighted by atomic mass is 9.80. The molecule has 0 radical (unpaired) electrons. The highest BCUT2D eigenvalue weighted by molar-refractivity contribution is 5.72. The molecule has 0 saturated heterocycles. The zero-order valence-electron chi connectivity index (χ0n) is 15.0. The summed E-state index contributed by atoms with van der Waals surface area (Å²) in [6.45, 7) is 2.24. The molecule has 0 heterocycles. The van der Waals surface area contributed by atoms with Gasteiger partial charge in [-0.05, 0) is 63.2 Å². The number of hydrogen-bond donors (Lipinski definition) is 0. The fourth-order valence-electron chi connectivity index (χ4n) is 4.07. The van der Waals surface area contributed by atoms with Crippen LogP contribution < -0.4 is 0 Å². The van der Waals surface area contributed by atoms with Crippen LogP contribution in [0.1, 0.15) is 71.1 Å². The van der Waals surface area contributed by atoms with Gasteiger partial charge in [0.05, 0.1) is 12.0 Å². The van der Waals surface area contributed by atoms with E-state index in [0.717, 1.165) is 44.4 Å². The summed E-state index contributed by atoms with van der Waals surface area (Å²) in [5.41, 5.74) is 0. The molecule has 0 aromatic carbocycles. The van der Waals surface area contributed by atoms with E-state index < -0.39 is 0 Å². The van der Waals surface area contributed by atoms with E-state index in [1.165, 1.54) is 31.8 Å². The van der Waals surface area contributed by atoms with Gasteiger partial charge in [-0.3, -0.25) is 4.79 Å². The van der Waals surface area contributed by atoms with Gasteiger partial charge < -0.3 is 4.74 Å². The van der Waals surface area contributed by atoms with Gasteiger partial charge in [0, 0.05) is 6.08 Å². The lowest BCUT2D eigenvalue weighted by Gasteiger charge is -2.31. The minimum atomic E-state index is 0.0564. The number of carbonyl (C=O) groups is 1. The summed E-state index contributed by atoms with van der Waals surface area (Å²) in [6, 6.07) is 1.99. The summed E-state index contributed by atoms with van der Waals surface area (Å²) in [4.78, 5) is 12.4. The number of hydrogen-bond acceptors (Lipinski definition) is 3. The fraction of sp³-hybridized carbons (Fsp3) is 0.714. The molecule has 2 fully saturated rings. The molecular formula is C21H31NO2. The first-order valence-corrected chi connectivity index (χ1v) is 9.66. The van der Waals surface area contributed by atoms with Gasteiger partial charge in [-0.15, -0.1) is 0 Å². The number of rotatable bonds is 6. The van der Waals surface area contributed by atoms with Crippen LogP contribution in [0.5, 0.6) is 0 Å². The molecule has 3 heteroatoms. The summed E-state index contributed by atoms with van der Waals surface area (Å²) >= 11 is 0. The molecule has 132 valence electrons. The monoisotopic (exact) mass is 329 g/mol. The SMILES string of the molecule is CCCC1CCC(C(=O)OC2CCC(/C=C/C=CC#N)CC2)CC1. The second-order valence-corrected chi connectivity index (χ2v) is 7.35. The predicted octanol–water partition coefficient (Wildman–Crippen LogP) is 5.33. The van der Waals surface area contributed by atoms with Crippen molar-refractivity contribution < 1.29 is 9.53 Å². The Morgan fingerprint density at radius 2 is 1.79 bits per heavy atom. The van der Waals surface area contributed by atoms with Gasteiger partial charge in [-0.25, -0.2) is 0 Å².